The van der Waals surface area contributed by atoms with Crippen LogP contribution in [0.1, 0.15) is 11.1 Å². The van der Waals surface area contributed by atoms with Crippen molar-refractivity contribution in [3.8, 4) is 0 Å². The molecule has 0 bridgehead atoms. The highest BCUT2D eigenvalue weighted by atomic mass is 32.2. The number of carbonyl (C=O) groups excluding carboxylic acids is 2. The van der Waals surface area contributed by atoms with Gasteiger partial charge in [-0.05, 0) is 65.0 Å². The van der Waals surface area contributed by atoms with Crippen molar-refractivity contribution in [2.45, 2.75) is 23.5 Å². The van der Waals surface area contributed by atoms with Crippen molar-refractivity contribution in [1.82, 2.24) is 4.98 Å². The Morgan fingerprint density at radius 1 is 1.00 bits per heavy atom. The topological polar surface area (TPSA) is 50.3 Å². The number of hydrogen-bond donors (Lipinski definition) is 0. The van der Waals surface area contributed by atoms with Crippen molar-refractivity contribution in [2.75, 3.05) is 11.4 Å². The van der Waals surface area contributed by atoms with Gasteiger partial charge in [0.05, 0.1) is 5.69 Å². The Balaban J connectivity index is 1.65. The summed E-state index contributed by atoms with van der Waals surface area (Å²) in [5, 5.41) is 3.85. The van der Waals surface area contributed by atoms with Gasteiger partial charge in [0, 0.05) is 28.4 Å². The highest BCUT2D eigenvalue weighted by molar-refractivity contribution is 8.00. The Hall–Kier alpha value is -2.69. The summed E-state index contributed by atoms with van der Waals surface area (Å²) in [5.74, 6) is -0.384. The van der Waals surface area contributed by atoms with Crippen molar-refractivity contribution in [3.05, 3.63) is 76.7 Å². The number of benzene rings is 1. The molecule has 160 valence electrons. The van der Waals surface area contributed by atoms with Crippen LogP contribution in [0.5, 0.6) is 0 Å². The number of carbonyl (C=O) groups is 2. The van der Waals surface area contributed by atoms with Crippen LogP contribution in [0.25, 0.3) is 0 Å². The summed E-state index contributed by atoms with van der Waals surface area (Å²) in [6.07, 6.45) is 3.27. The molecule has 1 aliphatic rings. The van der Waals surface area contributed by atoms with Gasteiger partial charge in [0.1, 0.15) is 13.1 Å². The van der Waals surface area contributed by atoms with Crippen LogP contribution in [0.3, 0.4) is 0 Å². The molecule has 0 saturated carbocycles. The van der Waals surface area contributed by atoms with Crippen LogP contribution in [0.15, 0.2) is 70.5 Å². The molecule has 10 heteroatoms. The number of alkyl halides is 3. The number of quaternary nitrogens is 1. The molecular weight excluding hydrogens is 447 g/mol. The van der Waals surface area contributed by atoms with Gasteiger partial charge < -0.3 is 0 Å². The molecule has 1 saturated heterocycles. The maximum atomic E-state index is 13.6. The number of aromatic nitrogens is 1. The summed E-state index contributed by atoms with van der Waals surface area (Å²) in [4.78, 5) is 31.6. The Labute approximate surface area is 184 Å². The van der Waals surface area contributed by atoms with Crippen molar-refractivity contribution < 1.29 is 27.2 Å². The fraction of sp³-hybridized carbons (Fsp3) is 0.190. The van der Waals surface area contributed by atoms with Gasteiger partial charge in [-0.25, -0.2) is 9.28 Å². The third-order valence-corrected chi connectivity index (χ3v) is 6.38. The molecule has 3 heterocycles. The number of thiophene rings is 1. The largest absolute Gasteiger partial charge is 0.446 e. The van der Waals surface area contributed by atoms with E-state index in [4.69, 9.17) is 0 Å². The summed E-state index contributed by atoms with van der Waals surface area (Å²) in [6.45, 7) is 0.617. The van der Waals surface area contributed by atoms with Crippen molar-refractivity contribution in [2.24, 2.45) is 0 Å². The molecule has 5 nitrogen and oxygen atoms in total. The Morgan fingerprint density at radius 2 is 1.68 bits per heavy atom. The summed E-state index contributed by atoms with van der Waals surface area (Å²) in [6, 6.07) is 10.4. The second-order valence-electron chi connectivity index (χ2n) is 7.16. The van der Waals surface area contributed by atoms with Crippen LogP contribution in [0.2, 0.25) is 0 Å². The monoisotopic (exact) mass is 464 g/mol. The molecular formula is C21H17F3N3O2S2+. The molecule has 1 aliphatic heterocycles. The van der Waals surface area contributed by atoms with Gasteiger partial charge >= 0.3 is 11.5 Å². The lowest BCUT2D eigenvalue weighted by Crippen LogP contribution is -2.49. The van der Waals surface area contributed by atoms with E-state index in [1.165, 1.54) is 35.6 Å². The Kier molecular flexibility index (Phi) is 5.87. The highest BCUT2D eigenvalue weighted by Gasteiger charge is 2.53. The predicted molar refractivity (Wildman–Crippen MR) is 112 cm³/mol. The first-order valence-corrected chi connectivity index (χ1v) is 11.0. The van der Waals surface area contributed by atoms with E-state index >= 15 is 0 Å². The zero-order valence-corrected chi connectivity index (χ0v) is 17.7. The molecule has 1 fully saturated rings. The predicted octanol–water partition coefficient (Wildman–Crippen LogP) is 5.44. The number of anilines is 1. The van der Waals surface area contributed by atoms with Crippen LogP contribution < -0.4 is 4.90 Å². The number of halogens is 3. The van der Waals surface area contributed by atoms with Gasteiger partial charge in [-0.3, -0.25) is 9.78 Å². The highest BCUT2D eigenvalue weighted by Crippen LogP contribution is 2.38. The second kappa shape index (κ2) is 8.45. The van der Waals surface area contributed by atoms with E-state index in [2.05, 4.69) is 4.98 Å². The van der Waals surface area contributed by atoms with Gasteiger partial charge in [-0.1, -0.05) is 0 Å². The smallest absolute Gasteiger partial charge is 0.267 e. The molecule has 1 aromatic carbocycles. The normalized spacial score (nSPS) is 19.3. The SMILES string of the molecule is O=C1C[N+](Cc2ccncc2)(Cc2ccsc2)C(=O)N1c1ccc(SC(F)(F)F)cc1. The summed E-state index contributed by atoms with van der Waals surface area (Å²) in [7, 11) is 0. The van der Waals surface area contributed by atoms with Crippen molar-refractivity contribution in [1.29, 1.82) is 0 Å². The standard InChI is InChI=1S/C21H17F3N3O2S2/c22-21(23,24)31-18-3-1-17(2-4-18)26-19(28)13-27(20(26)29,12-16-7-10-30-14-16)11-15-5-8-25-9-6-15/h1-10,14H,11-13H2/q+1. The maximum absolute atomic E-state index is 13.6. The number of nitrogens with zero attached hydrogens (tertiary/aromatic N) is 3. The van der Waals surface area contributed by atoms with E-state index in [-0.39, 0.29) is 39.3 Å². The first-order chi connectivity index (χ1) is 14.8. The molecule has 2 aromatic heterocycles. The fourth-order valence-corrected chi connectivity index (χ4v) is 4.84. The minimum absolute atomic E-state index is 0.00819. The Morgan fingerprint density at radius 3 is 2.29 bits per heavy atom. The van der Waals surface area contributed by atoms with E-state index in [1.54, 1.807) is 24.5 Å². The van der Waals surface area contributed by atoms with E-state index in [1.807, 2.05) is 16.8 Å². The van der Waals surface area contributed by atoms with E-state index in [0.717, 1.165) is 16.0 Å². The van der Waals surface area contributed by atoms with Gasteiger partial charge in [-0.2, -0.15) is 29.4 Å². The Bertz CT molecular complexity index is 1070. The van der Waals surface area contributed by atoms with Gasteiger partial charge in [-0.15, -0.1) is 0 Å². The lowest BCUT2D eigenvalue weighted by molar-refractivity contribution is -0.863. The molecule has 0 radical (unpaired) electrons. The van der Waals surface area contributed by atoms with Crippen LogP contribution in [-0.4, -0.2) is 33.5 Å². The van der Waals surface area contributed by atoms with Crippen molar-refractivity contribution in [3.63, 3.8) is 0 Å². The molecule has 31 heavy (non-hydrogen) atoms. The molecule has 0 spiro atoms. The quantitative estimate of drug-likeness (QED) is 0.277. The van der Waals surface area contributed by atoms with Gasteiger partial charge in [0.25, 0.3) is 5.91 Å². The molecule has 4 rings (SSSR count). The number of pyridine rings is 1. The molecule has 3 amide bonds. The molecule has 3 aromatic rings. The summed E-state index contributed by atoms with van der Waals surface area (Å²) < 4.78 is 37.7. The molecule has 0 aliphatic carbocycles. The van der Waals surface area contributed by atoms with Crippen LogP contribution in [-0.2, 0) is 17.9 Å². The number of rotatable bonds is 6. The first-order valence-electron chi connectivity index (χ1n) is 9.25. The number of imide groups is 1. The minimum Gasteiger partial charge on any atom is -0.267 e. The first kappa shape index (κ1) is 21.5. The van der Waals surface area contributed by atoms with Gasteiger partial charge in [0.2, 0.25) is 0 Å². The second-order valence-corrected chi connectivity index (χ2v) is 9.08. The minimum atomic E-state index is -4.40. The molecule has 1 atom stereocenters. The van der Waals surface area contributed by atoms with Crippen LogP contribution in [0, 0.1) is 0 Å². The number of thioether (sulfide) groups is 1. The van der Waals surface area contributed by atoms with E-state index < -0.39 is 11.5 Å². The van der Waals surface area contributed by atoms with Crippen molar-refractivity contribution >= 4 is 40.7 Å². The maximum Gasteiger partial charge on any atom is 0.446 e. The molecule has 1 unspecified atom stereocenters. The van der Waals surface area contributed by atoms with Crippen LogP contribution in [0.4, 0.5) is 23.7 Å². The number of hydrogen-bond acceptors (Lipinski definition) is 5. The number of urea groups is 1. The van der Waals surface area contributed by atoms with Gasteiger partial charge in [0.15, 0.2) is 6.54 Å². The lowest BCUT2D eigenvalue weighted by atomic mass is 10.2. The average Bonchev–Trinajstić information content (AvgIpc) is 3.29. The third kappa shape index (κ3) is 4.81. The summed E-state index contributed by atoms with van der Waals surface area (Å²) in [5.41, 5.74) is -2.33. The zero-order chi connectivity index (χ0) is 22.1. The van der Waals surface area contributed by atoms with Crippen LogP contribution >= 0.6 is 23.1 Å². The molecule has 0 N–H and O–H groups in total. The summed E-state index contributed by atoms with van der Waals surface area (Å²) >= 11 is 1.27. The third-order valence-electron chi connectivity index (χ3n) is 4.91. The lowest BCUT2D eigenvalue weighted by Gasteiger charge is -2.29. The number of amides is 3. The fourth-order valence-electron chi connectivity index (χ4n) is 3.64. The van der Waals surface area contributed by atoms with E-state index in [9.17, 15) is 22.8 Å². The van der Waals surface area contributed by atoms with E-state index in [0.29, 0.717) is 13.1 Å². The average molecular weight is 465 g/mol. The zero-order valence-electron chi connectivity index (χ0n) is 16.1.